The van der Waals surface area contributed by atoms with Crippen molar-refractivity contribution in [2.24, 2.45) is 5.92 Å². The third kappa shape index (κ3) is 4.54. The molecule has 0 aromatic carbocycles. The number of nitrogens with one attached hydrogen (secondary N) is 1. The number of anilines is 1. The number of halogens is 1. The zero-order valence-electron chi connectivity index (χ0n) is 15.0. The maximum Gasteiger partial charge on any atom is 0.341 e. The van der Waals surface area contributed by atoms with Gasteiger partial charge in [-0.05, 0) is 41.3 Å². The molecule has 2 N–H and O–H groups in total. The number of ether oxygens (including phenoxy) is 2. The molecule has 7 nitrogen and oxygen atoms in total. The first kappa shape index (κ1) is 19.5. The van der Waals surface area contributed by atoms with Crippen LogP contribution >= 0.6 is 15.9 Å². The van der Waals surface area contributed by atoms with Crippen LogP contribution in [-0.4, -0.2) is 68.2 Å². The number of piperidine rings is 1. The lowest BCUT2D eigenvalue weighted by atomic mass is 9.91. The fraction of sp³-hybridized carbons (Fsp3) is 0.667. The molecule has 0 bridgehead atoms. The van der Waals surface area contributed by atoms with Crippen molar-refractivity contribution < 1.29 is 19.4 Å². The summed E-state index contributed by atoms with van der Waals surface area (Å²) < 4.78 is 11.0. The molecular formula is C18H26BrN3O4. The normalized spacial score (nSPS) is 24.5. The van der Waals surface area contributed by atoms with Crippen molar-refractivity contribution in [3.05, 3.63) is 22.3 Å². The molecular weight excluding hydrogens is 402 g/mol. The molecule has 0 spiro atoms. The summed E-state index contributed by atoms with van der Waals surface area (Å²) in [6.45, 7) is 3.12. The van der Waals surface area contributed by atoms with Crippen LogP contribution in [-0.2, 0) is 9.47 Å². The summed E-state index contributed by atoms with van der Waals surface area (Å²) in [5, 5.41) is 13.6. The molecule has 0 amide bonds. The van der Waals surface area contributed by atoms with Gasteiger partial charge < -0.3 is 24.8 Å². The zero-order chi connectivity index (χ0) is 18.5. The van der Waals surface area contributed by atoms with E-state index >= 15 is 0 Å². The number of rotatable bonds is 5. The average molecular weight is 428 g/mol. The SMILES string of the molecule is COC(=O)c1cc(Br)cnc1N1CCC(NC2CCOCC2)C(CO)C1. The van der Waals surface area contributed by atoms with Crippen LogP contribution < -0.4 is 10.2 Å². The number of aliphatic hydroxyl groups excluding tert-OH is 1. The van der Waals surface area contributed by atoms with Gasteiger partial charge in [-0.15, -0.1) is 0 Å². The molecule has 3 rings (SSSR count). The standard InChI is InChI=1S/C18H26BrN3O4/c1-25-18(24)15-8-13(19)9-20-17(15)22-5-2-16(12(10-22)11-23)21-14-3-6-26-7-4-14/h8-9,12,14,16,21,23H,2-7,10-11H2,1H3. The summed E-state index contributed by atoms with van der Waals surface area (Å²) >= 11 is 3.36. The van der Waals surface area contributed by atoms with Gasteiger partial charge in [-0.2, -0.15) is 0 Å². The molecule has 2 unspecified atom stereocenters. The molecule has 0 radical (unpaired) electrons. The fourth-order valence-electron chi connectivity index (χ4n) is 3.74. The zero-order valence-corrected chi connectivity index (χ0v) is 16.6. The lowest BCUT2D eigenvalue weighted by Gasteiger charge is -2.41. The lowest BCUT2D eigenvalue weighted by molar-refractivity contribution is 0.0600. The van der Waals surface area contributed by atoms with E-state index in [1.807, 2.05) is 0 Å². The largest absolute Gasteiger partial charge is 0.465 e. The highest BCUT2D eigenvalue weighted by molar-refractivity contribution is 9.10. The Morgan fingerprint density at radius 2 is 2.23 bits per heavy atom. The summed E-state index contributed by atoms with van der Waals surface area (Å²) in [4.78, 5) is 18.6. The number of pyridine rings is 1. The molecule has 2 saturated heterocycles. The molecule has 144 valence electrons. The number of hydrogen-bond donors (Lipinski definition) is 2. The van der Waals surface area contributed by atoms with Crippen molar-refractivity contribution in [1.82, 2.24) is 10.3 Å². The van der Waals surface area contributed by atoms with E-state index in [2.05, 4.69) is 31.1 Å². The minimum atomic E-state index is -0.406. The number of carbonyl (C=O) groups excluding carboxylic acids is 1. The summed E-state index contributed by atoms with van der Waals surface area (Å²) in [5.41, 5.74) is 0.439. The van der Waals surface area contributed by atoms with Crippen LogP contribution in [0, 0.1) is 5.92 Å². The van der Waals surface area contributed by atoms with Crippen LogP contribution in [0.1, 0.15) is 29.6 Å². The van der Waals surface area contributed by atoms with E-state index in [4.69, 9.17) is 9.47 Å². The van der Waals surface area contributed by atoms with Crippen LogP contribution in [0.3, 0.4) is 0 Å². The highest BCUT2D eigenvalue weighted by atomic mass is 79.9. The van der Waals surface area contributed by atoms with E-state index in [0.29, 0.717) is 24.0 Å². The van der Waals surface area contributed by atoms with Gasteiger partial charge in [0.25, 0.3) is 0 Å². The highest BCUT2D eigenvalue weighted by Crippen LogP contribution is 2.28. The Balaban J connectivity index is 1.71. The van der Waals surface area contributed by atoms with Crippen LogP contribution in [0.15, 0.2) is 16.7 Å². The first-order valence-corrected chi connectivity index (χ1v) is 9.85. The molecule has 2 atom stereocenters. The average Bonchev–Trinajstić information content (AvgIpc) is 2.68. The molecule has 2 aliphatic rings. The third-order valence-corrected chi connectivity index (χ3v) is 5.61. The molecule has 2 fully saturated rings. The van der Waals surface area contributed by atoms with Gasteiger partial charge in [0.1, 0.15) is 11.4 Å². The van der Waals surface area contributed by atoms with Gasteiger partial charge in [0.2, 0.25) is 0 Å². The number of nitrogens with zero attached hydrogens (tertiary/aromatic N) is 2. The predicted octanol–water partition coefficient (Wildman–Crippen LogP) is 1.59. The molecule has 26 heavy (non-hydrogen) atoms. The molecule has 1 aromatic rings. The smallest absolute Gasteiger partial charge is 0.341 e. The number of aliphatic hydroxyl groups is 1. The molecule has 0 saturated carbocycles. The Kier molecular flexibility index (Phi) is 6.86. The first-order valence-electron chi connectivity index (χ1n) is 9.05. The molecule has 2 aliphatic heterocycles. The summed E-state index contributed by atoms with van der Waals surface area (Å²) in [6, 6.07) is 2.44. The van der Waals surface area contributed by atoms with Crippen molar-refractivity contribution >= 4 is 27.7 Å². The maximum atomic E-state index is 12.1. The monoisotopic (exact) mass is 427 g/mol. The van der Waals surface area contributed by atoms with E-state index in [1.54, 1.807) is 12.3 Å². The van der Waals surface area contributed by atoms with E-state index in [-0.39, 0.29) is 18.6 Å². The van der Waals surface area contributed by atoms with Crippen LogP contribution in [0.2, 0.25) is 0 Å². The van der Waals surface area contributed by atoms with Crippen LogP contribution in [0.4, 0.5) is 5.82 Å². The fourth-order valence-corrected chi connectivity index (χ4v) is 4.07. The number of carbonyl (C=O) groups is 1. The Morgan fingerprint density at radius 1 is 1.46 bits per heavy atom. The van der Waals surface area contributed by atoms with Gasteiger partial charge in [-0.3, -0.25) is 0 Å². The second-order valence-electron chi connectivity index (χ2n) is 6.85. The van der Waals surface area contributed by atoms with Crippen molar-refractivity contribution in [2.75, 3.05) is 44.9 Å². The Bertz CT molecular complexity index is 624. The van der Waals surface area contributed by atoms with Gasteiger partial charge in [-0.1, -0.05) is 0 Å². The molecule has 3 heterocycles. The third-order valence-electron chi connectivity index (χ3n) is 5.18. The number of methoxy groups -OCH3 is 1. The molecule has 8 heteroatoms. The Labute approximate surface area is 162 Å². The quantitative estimate of drug-likeness (QED) is 0.690. The van der Waals surface area contributed by atoms with Crippen molar-refractivity contribution in [2.45, 2.75) is 31.3 Å². The number of esters is 1. The van der Waals surface area contributed by atoms with E-state index in [0.717, 1.165) is 43.5 Å². The first-order chi connectivity index (χ1) is 12.6. The van der Waals surface area contributed by atoms with E-state index in [9.17, 15) is 9.90 Å². The minimum absolute atomic E-state index is 0.0857. The van der Waals surface area contributed by atoms with Gasteiger partial charge in [0, 0.05) is 61.6 Å². The minimum Gasteiger partial charge on any atom is -0.465 e. The molecule has 1 aromatic heterocycles. The predicted molar refractivity (Wildman–Crippen MR) is 101 cm³/mol. The Hall–Kier alpha value is -1.22. The van der Waals surface area contributed by atoms with Crippen molar-refractivity contribution in [1.29, 1.82) is 0 Å². The summed E-state index contributed by atoms with van der Waals surface area (Å²) in [5.74, 6) is 0.294. The summed E-state index contributed by atoms with van der Waals surface area (Å²) in [6.07, 6.45) is 4.60. The van der Waals surface area contributed by atoms with Crippen LogP contribution in [0.5, 0.6) is 0 Å². The highest BCUT2D eigenvalue weighted by Gasteiger charge is 2.32. The van der Waals surface area contributed by atoms with Gasteiger partial charge >= 0.3 is 5.97 Å². The summed E-state index contributed by atoms with van der Waals surface area (Å²) in [7, 11) is 1.37. The lowest BCUT2D eigenvalue weighted by Crippen LogP contribution is -2.54. The van der Waals surface area contributed by atoms with Gasteiger partial charge in [0.05, 0.1) is 7.11 Å². The van der Waals surface area contributed by atoms with Crippen LogP contribution in [0.25, 0.3) is 0 Å². The van der Waals surface area contributed by atoms with E-state index < -0.39 is 5.97 Å². The second kappa shape index (κ2) is 9.12. The van der Waals surface area contributed by atoms with Crippen molar-refractivity contribution in [3.8, 4) is 0 Å². The van der Waals surface area contributed by atoms with Crippen molar-refractivity contribution in [3.63, 3.8) is 0 Å². The van der Waals surface area contributed by atoms with E-state index in [1.165, 1.54) is 7.11 Å². The van der Waals surface area contributed by atoms with Gasteiger partial charge in [0.15, 0.2) is 0 Å². The molecule has 0 aliphatic carbocycles. The van der Waals surface area contributed by atoms with Gasteiger partial charge in [-0.25, -0.2) is 9.78 Å². The second-order valence-corrected chi connectivity index (χ2v) is 7.77. The Morgan fingerprint density at radius 3 is 2.92 bits per heavy atom. The maximum absolute atomic E-state index is 12.1. The number of hydrogen-bond acceptors (Lipinski definition) is 7. The number of aromatic nitrogens is 1. The topological polar surface area (TPSA) is 83.9 Å².